The first-order chi connectivity index (χ1) is 11.5. The molecule has 24 heavy (non-hydrogen) atoms. The van der Waals surface area contributed by atoms with Crippen LogP contribution < -0.4 is 4.74 Å². The number of methoxy groups -OCH3 is 2. The van der Waals surface area contributed by atoms with Gasteiger partial charge in [0.05, 0.1) is 19.7 Å². The average Bonchev–Trinajstić information content (AvgIpc) is 2.90. The van der Waals surface area contributed by atoms with E-state index in [1.807, 2.05) is 6.07 Å². The van der Waals surface area contributed by atoms with Gasteiger partial charge in [-0.25, -0.2) is 0 Å². The Hall–Kier alpha value is -2.01. The van der Waals surface area contributed by atoms with Crippen LogP contribution in [-0.4, -0.2) is 50.3 Å². The lowest BCUT2D eigenvalue weighted by molar-refractivity contribution is -0.140. The van der Waals surface area contributed by atoms with Crippen molar-refractivity contribution in [2.75, 3.05) is 34.9 Å². The molecular formula is C19H28N2O3. The van der Waals surface area contributed by atoms with Crippen LogP contribution in [0.5, 0.6) is 5.75 Å². The van der Waals surface area contributed by atoms with E-state index in [1.54, 1.807) is 7.11 Å². The molecule has 132 valence electrons. The van der Waals surface area contributed by atoms with Gasteiger partial charge in [0.2, 0.25) is 0 Å². The molecule has 0 N–H and O–H groups in total. The monoisotopic (exact) mass is 332 g/mol. The normalized spacial score (nSPS) is 11.2. The number of hydrogen-bond donors (Lipinski definition) is 0. The number of hydrogen-bond acceptors (Lipinski definition) is 4. The van der Waals surface area contributed by atoms with E-state index in [-0.39, 0.29) is 5.97 Å². The van der Waals surface area contributed by atoms with Crippen LogP contribution in [0.25, 0.3) is 10.9 Å². The summed E-state index contributed by atoms with van der Waals surface area (Å²) in [6, 6.07) is 4.14. The molecule has 0 aliphatic heterocycles. The average molecular weight is 332 g/mol. The Labute approximate surface area is 144 Å². The van der Waals surface area contributed by atoms with Crippen molar-refractivity contribution in [3.8, 4) is 5.75 Å². The van der Waals surface area contributed by atoms with Crippen molar-refractivity contribution < 1.29 is 14.3 Å². The fourth-order valence-corrected chi connectivity index (χ4v) is 3.12. The molecular weight excluding hydrogens is 304 g/mol. The summed E-state index contributed by atoms with van der Waals surface area (Å²) >= 11 is 0. The summed E-state index contributed by atoms with van der Waals surface area (Å²) < 4.78 is 12.5. The molecule has 5 nitrogen and oxygen atoms in total. The SMILES string of the molecule is COC(=O)CCCc1ccc(OC)c2c(CCN(C)C)cn(C)c12. The Bertz CT molecular complexity index is 704. The van der Waals surface area contributed by atoms with Crippen LogP contribution in [0, 0.1) is 0 Å². The van der Waals surface area contributed by atoms with Gasteiger partial charge in [0.1, 0.15) is 5.75 Å². The van der Waals surface area contributed by atoms with E-state index in [1.165, 1.54) is 29.1 Å². The van der Waals surface area contributed by atoms with Gasteiger partial charge < -0.3 is 18.9 Å². The van der Waals surface area contributed by atoms with Crippen molar-refractivity contribution in [2.45, 2.75) is 25.7 Å². The molecule has 0 radical (unpaired) electrons. The minimum absolute atomic E-state index is 0.154. The van der Waals surface area contributed by atoms with Gasteiger partial charge in [0.15, 0.2) is 0 Å². The molecule has 0 fully saturated rings. The van der Waals surface area contributed by atoms with Gasteiger partial charge in [0.25, 0.3) is 0 Å². The molecule has 1 heterocycles. The van der Waals surface area contributed by atoms with Gasteiger partial charge in [-0.2, -0.15) is 0 Å². The van der Waals surface area contributed by atoms with Crippen LogP contribution in [-0.2, 0) is 29.4 Å². The first-order valence-corrected chi connectivity index (χ1v) is 8.33. The molecule has 2 aromatic rings. The van der Waals surface area contributed by atoms with Crippen LogP contribution in [0.4, 0.5) is 0 Å². The number of rotatable bonds is 8. The zero-order valence-electron chi connectivity index (χ0n) is 15.4. The van der Waals surface area contributed by atoms with E-state index < -0.39 is 0 Å². The van der Waals surface area contributed by atoms with E-state index >= 15 is 0 Å². The quantitative estimate of drug-likeness (QED) is 0.697. The first kappa shape index (κ1) is 18.3. The maximum absolute atomic E-state index is 11.3. The number of aryl methyl sites for hydroxylation is 2. The zero-order chi connectivity index (χ0) is 17.7. The molecule has 0 saturated carbocycles. The predicted octanol–water partition coefficient (Wildman–Crippen LogP) is 2.79. The Balaban J connectivity index is 2.34. The minimum atomic E-state index is -0.154. The highest BCUT2D eigenvalue weighted by molar-refractivity contribution is 5.92. The third-order valence-corrected chi connectivity index (χ3v) is 4.35. The summed E-state index contributed by atoms with van der Waals surface area (Å²) in [5, 5.41) is 1.19. The second-order valence-corrected chi connectivity index (χ2v) is 6.40. The van der Waals surface area contributed by atoms with Crippen LogP contribution in [0.15, 0.2) is 18.3 Å². The van der Waals surface area contributed by atoms with Crippen molar-refractivity contribution in [1.82, 2.24) is 9.47 Å². The summed E-state index contributed by atoms with van der Waals surface area (Å²) in [4.78, 5) is 13.5. The van der Waals surface area contributed by atoms with Crippen molar-refractivity contribution in [3.05, 3.63) is 29.5 Å². The Morgan fingerprint density at radius 1 is 1.17 bits per heavy atom. The number of carbonyl (C=O) groups is 1. The number of esters is 1. The molecule has 5 heteroatoms. The number of ether oxygens (including phenoxy) is 2. The van der Waals surface area contributed by atoms with Crippen LogP contribution >= 0.6 is 0 Å². The fraction of sp³-hybridized carbons (Fsp3) is 0.526. The molecule has 0 amide bonds. The number of nitrogens with zero attached hydrogens (tertiary/aromatic N) is 2. The number of benzene rings is 1. The molecule has 1 aromatic heterocycles. The van der Waals surface area contributed by atoms with Crippen molar-refractivity contribution in [2.24, 2.45) is 7.05 Å². The Morgan fingerprint density at radius 2 is 1.92 bits per heavy atom. The maximum Gasteiger partial charge on any atom is 0.305 e. The Morgan fingerprint density at radius 3 is 2.54 bits per heavy atom. The summed E-state index contributed by atoms with van der Waals surface area (Å²) in [5.74, 6) is 0.759. The highest BCUT2D eigenvalue weighted by Crippen LogP contribution is 2.33. The summed E-state index contributed by atoms with van der Waals surface area (Å²) in [6.07, 6.45) is 5.25. The molecule has 2 rings (SSSR count). The van der Waals surface area contributed by atoms with Gasteiger partial charge in [-0.1, -0.05) is 6.07 Å². The molecule has 0 aliphatic carbocycles. The van der Waals surface area contributed by atoms with Crippen molar-refractivity contribution >= 4 is 16.9 Å². The standard InChI is InChI=1S/C19H28N2O3/c1-20(2)12-11-15-13-21(3)19-14(7-6-8-17(22)24-5)9-10-16(23-4)18(15)19/h9-10,13H,6-8,11-12H2,1-5H3. The number of carbonyl (C=O) groups excluding carboxylic acids is 1. The highest BCUT2D eigenvalue weighted by atomic mass is 16.5. The van der Waals surface area contributed by atoms with E-state index in [4.69, 9.17) is 9.47 Å². The molecule has 0 spiro atoms. The lowest BCUT2D eigenvalue weighted by Crippen LogP contribution is -2.14. The highest BCUT2D eigenvalue weighted by Gasteiger charge is 2.15. The summed E-state index contributed by atoms with van der Waals surface area (Å²) in [7, 11) is 9.39. The first-order valence-electron chi connectivity index (χ1n) is 8.33. The van der Waals surface area contributed by atoms with Gasteiger partial charge in [-0.3, -0.25) is 4.79 Å². The molecule has 0 saturated heterocycles. The summed E-state index contributed by atoms with van der Waals surface area (Å²) in [6.45, 7) is 0.995. The third-order valence-electron chi connectivity index (χ3n) is 4.35. The predicted molar refractivity (Wildman–Crippen MR) is 96.7 cm³/mol. The van der Waals surface area contributed by atoms with E-state index in [0.717, 1.165) is 31.6 Å². The minimum Gasteiger partial charge on any atom is -0.496 e. The molecule has 1 aromatic carbocycles. The number of aromatic nitrogens is 1. The third kappa shape index (κ3) is 4.09. The van der Waals surface area contributed by atoms with Crippen LogP contribution in [0.1, 0.15) is 24.0 Å². The fourth-order valence-electron chi connectivity index (χ4n) is 3.12. The smallest absolute Gasteiger partial charge is 0.305 e. The topological polar surface area (TPSA) is 43.7 Å². The lowest BCUT2D eigenvalue weighted by atomic mass is 10.0. The van der Waals surface area contributed by atoms with Crippen molar-refractivity contribution in [1.29, 1.82) is 0 Å². The van der Waals surface area contributed by atoms with Crippen molar-refractivity contribution in [3.63, 3.8) is 0 Å². The van der Waals surface area contributed by atoms with E-state index in [0.29, 0.717) is 6.42 Å². The van der Waals surface area contributed by atoms with E-state index in [9.17, 15) is 4.79 Å². The molecule has 0 unspecified atom stereocenters. The number of fused-ring (bicyclic) bond motifs is 1. The van der Waals surface area contributed by atoms with E-state index in [2.05, 4.69) is 42.9 Å². The molecule has 0 bridgehead atoms. The lowest BCUT2D eigenvalue weighted by Gasteiger charge is -2.11. The second-order valence-electron chi connectivity index (χ2n) is 6.40. The Kier molecular flexibility index (Phi) is 6.26. The molecule has 0 aliphatic rings. The number of likely N-dealkylation sites (N-methyl/N-ethyl adjacent to an activating group) is 1. The van der Waals surface area contributed by atoms with Gasteiger partial charge >= 0.3 is 5.97 Å². The van der Waals surface area contributed by atoms with Gasteiger partial charge in [-0.05, 0) is 50.6 Å². The maximum atomic E-state index is 11.3. The summed E-state index contributed by atoms with van der Waals surface area (Å²) in [5.41, 5.74) is 3.74. The second kappa shape index (κ2) is 8.20. The van der Waals surface area contributed by atoms with Gasteiger partial charge in [-0.15, -0.1) is 0 Å². The zero-order valence-corrected chi connectivity index (χ0v) is 15.4. The van der Waals surface area contributed by atoms with Crippen LogP contribution in [0.3, 0.4) is 0 Å². The molecule has 0 atom stereocenters. The van der Waals surface area contributed by atoms with Crippen LogP contribution in [0.2, 0.25) is 0 Å². The largest absolute Gasteiger partial charge is 0.496 e. The van der Waals surface area contributed by atoms with Gasteiger partial charge in [0, 0.05) is 31.6 Å².